The van der Waals surface area contributed by atoms with Gasteiger partial charge >= 0.3 is 0 Å². The number of aromatic nitrogens is 2. The molecule has 0 aliphatic heterocycles. The van der Waals surface area contributed by atoms with Crippen LogP contribution in [0.3, 0.4) is 0 Å². The molecule has 0 saturated carbocycles. The van der Waals surface area contributed by atoms with Crippen LogP contribution >= 0.6 is 22.7 Å². The topological polar surface area (TPSA) is 76.2 Å². The van der Waals surface area contributed by atoms with Crippen molar-refractivity contribution >= 4 is 69.8 Å². The maximum atomic E-state index is 12.2. The zero-order chi connectivity index (χ0) is 34.3. The average Bonchev–Trinajstić information content (AvgIpc) is 3.78. The molecule has 0 unspecified atom stereocenters. The third-order valence-corrected chi connectivity index (χ3v) is 12.2. The predicted molar refractivity (Wildman–Crippen MR) is 201 cm³/mol. The summed E-state index contributed by atoms with van der Waals surface area (Å²) in [4.78, 5) is 22.5. The molecule has 0 fully saturated rings. The summed E-state index contributed by atoms with van der Waals surface area (Å²) >= 11 is 3.49. The van der Waals surface area contributed by atoms with Crippen LogP contribution in [0, 0.1) is 23.8 Å². The van der Waals surface area contributed by atoms with Crippen LogP contribution in [0.2, 0.25) is 0 Å². The van der Waals surface area contributed by atoms with Gasteiger partial charge in [-0.05, 0) is 66.3 Å². The van der Waals surface area contributed by atoms with E-state index in [4.69, 9.17) is 9.40 Å². The molecule has 0 atom stereocenters. The monoisotopic (exact) mass is 860 g/mol. The summed E-state index contributed by atoms with van der Waals surface area (Å²) in [5.74, 6) is 1.20. The number of nitrogens with zero attached hydrogens (tertiary/aromatic N) is 2. The first-order chi connectivity index (χ1) is 22.2. The first-order valence-corrected chi connectivity index (χ1v) is 18.4. The Morgan fingerprint density at radius 2 is 1.60 bits per heavy atom. The minimum absolute atomic E-state index is 0. The molecule has 5 nitrogen and oxygen atoms in total. The van der Waals surface area contributed by atoms with Crippen LogP contribution in [-0.2, 0) is 30.3 Å². The van der Waals surface area contributed by atoms with Crippen molar-refractivity contribution in [2.24, 2.45) is 10.8 Å². The van der Waals surface area contributed by atoms with E-state index >= 15 is 0 Å². The van der Waals surface area contributed by atoms with Gasteiger partial charge in [-0.25, -0.2) is 4.98 Å². The maximum Gasteiger partial charge on any atom is 0.164 e. The van der Waals surface area contributed by atoms with Crippen LogP contribution in [0.4, 0.5) is 0 Å². The van der Waals surface area contributed by atoms with Gasteiger partial charge in [-0.2, -0.15) is 11.3 Å². The first kappa shape index (κ1) is 37.9. The van der Waals surface area contributed by atoms with Gasteiger partial charge in [-0.15, -0.1) is 34.9 Å². The zero-order valence-corrected chi connectivity index (χ0v) is 33.8. The third-order valence-electron chi connectivity index (χ3n) is 10.2. The van der Waals surface area contributed by atoms with Crippen LogP contribution in [0.1, 0.15) is 99.3 Å². The van der Waals surface area contributed by atoms with Crippen LogP contribution in [0.15, 0.2) is 58.3 Å². The number of allylic oxidation sites excluding steroid dienone is 2. The molecule has 0 aliphatic rings. The molecule has 6 rings (SSSR count). The number of furan rings is 1. The number of benzene rings is 2. The van der Waals surface area contributed by atoms with E-state index in [1.807, 2.05) is 54.5 Å². The van der Waals surface area contributed by atoms with Gasteiger partial charge in [0, 0.05) is 63.6 Å². The summed E-state index contributed by atoms with van der Waals surface area (Å²) in [5, 5.41) is 16.8. The second-order valence-corrected chi connectivity index (χ2v) is 16.1. The third kappa shape index (κ3) is 7.05. The van der Waals surface area contributed by atoms with Crippen LogP contribution < -0.4 is 0 Å². The molecule has 0 spiro atoms. The van der Waals surface area contributed by atoms with E-state index in [1.54, 1.807) is 29.0 Å². The van der Waals surface area contributed by atoms with Gasteiger partial charge in [-0.3, -0.25) is 9.78 Å². The summed E-state index contributed by atoms with van der Waals surface area (Å²) < 4.78 is 8.42. The van der Waals surface area contributed by atoms with Crippen molar-refractivity contribution in [3.05, 3.63) is 71.3 Å². The molecule has 0 bridgehead atoms. The van der Waals surface area contributed by atoms with E-state index in [0.717, 1.165) is 69.3 Å². The van der Waals surface area contributed by atoms with Gasteiger partial charge in [0.1, 0.15) is 28.3 Å². The summed E-state index contributed by atoms with van der Waals surface area (Å²) in [7, 11) is 0. The molecular formula is C40H47IrN2O3S2-. The number of carbonyl (C=O) groups excluding carboxylic acids is 1. The molecule has 0 saturated heterocycles. The Morgan fingerprint density at radius 3 is 2.23 bits per heavy atom. The van der Waals surface area contributed by atoms with E-state index in [0.29, 0.717) is 0 Å². The summed E-state index contributed by atoms with van der Waals surface area (Å²) in [6.45, 7) is 20.9. The molecule has 1 N–H and O–H groups in total. The molecule has 4 heterocycles. The van der Waals surface area contributed by atoms with E-state index in [-0.39, 0.29) is 47.9 Å². The van der Waals surface area contributed by atoms with Crippen molar-refractivity contribution in [2.75, 3.05) is 0 Å². The number of carbonyl (C=O) groups is 1. The first-order valence-electron chi connectivity index (χ1n) is 16.7. The van der Waals surface area contributed by atoms with Crippen molar-refractivity contribution < 1.29 is 34.4 Å². The Labute approximate surface area is 306 Å². The Hall–Kier alpha value is -2.90. The number of hydrogen-bond donors (Lipinski definition) is 1. The van der Waals surface area contributed by atoms with Crippen LogP contribution in [0.5, 0.6) is 0 Å². The van der Waals surface area contributed by atoms with Gasteiger partial charge < -0.3 is 9.52 Å². The van der Waals surface area contributed by atoms with Crippen LogP contribution in [-0.4, -0.2) is 20.9 Å². The second kappa shape index (κ2) is 14.5. The number of aliphatic hydroxyl groups is 1. The minimum Gasteiger partial charge on any atom is -0.512 e. The predicted octanol–water partition coefficient (Wildman–Crippen LogP) is 12.5. The maximum absolute atomic E-state index is 12.2. The van der Waals surface area contributed by atoms with Crippen molar-refractivity contribution in [3.8, 4) is 11.3 Å². The zero-order valence-electron chi connectivity index (χ0n) is 29.8. The molecular weight excluding hydrogens is 813 g/mol. The molecule has 48 heavy (non-hydrogen) atoms. The Balaban J connectivity index is 0.000000251. The minimum atomic E-state index is -0.337. The number of aliphatic hydroxyl groups excluding tert-OH is 1. The van der Waals surface area contributed by atoms with E-state index in [2.05, 4.69) is 61.5 Å². The van der Waals surface area contributed by atoms with Gasteiger partial charge in [0.05, 0.1) is 0 Å². The molecule has 6 aromatic rings. The molecule has 8 heteroatoms. The largest absolute Gasteiger partial charge is 0.512 e. The van der Waals surface area contributed by atoms with E-state index in [1.165, 1.54) is 26.4 Å². The van der Waals surface area contributed by atoms with Gasteiger partial charge in [-0.1, -0.05) is 73.4 Å². The van der Waals surface area contributed by atoms with Crippen molar-refractivity contribution in [3.63, 3.8) is 0 Å². The van der Waals surface area contributed by atoms with Gasteiger partial charge in [0.2, 0.25) is 0 Å². The van der Waals surface area contributed by atoms with Crippen molar-refractivity contribution in [1.29, 1.82) is 0 Å². The van der Waals surface area contributed by atoms with E-state index in [9.17, 15) is 9.90 Å². The van der Waals surface area contributed by atoms with Crippen molar-refractivity contribution in [1.82, 2.24) is 9.97 Å². The van der Waals surface area contributed by atoms with Gasteiger partial charge in [0.25, 0.3) is 0 Å². The normalized spacial score (nSPS) is 12.8. The van der Waals surface area contributed by atoms with Crippen molar-refractivity contribution in [2.45, 2.75) is 100 Å². The van der Waals surface area contributed by atoms with E-state index < -0.39 is 0 Å². The number of fused-ring (bicyclic) bond motifs is 6. The Kier molecular flexibility index (Phi) is 11.5. The average molecular weight is 860 g/mol. The second-order valence-electron chi connectivity index (χ2n) is 14.2. The molecule has 0 amide bonds. The summed E-state index contributed by atoms with van der Waals surface area (Å²) in [5.41, 5.74) is 3.63. The molecule has 0 aliphatic carbocycles. The summed E-state index contributed by atoms with van der Waals surface area (Å²) in [6.07, 6.45) is 6.43. The number of aryl methyl sites for hydroxylation is 1. The number of thiophene rings is 2. The number of rotatable bonds is 8. The fourth-order valence-electron chi connectivity index (χ4n) is 5.92. The SMILES string of the molecule is CCC(C)(CC)C(=O)/C=C(\O)C(C)(CC)CC.Cc1cc2c(ccc3sc4ncnc(-c5[c-]c6ccsc6c(C(C)(C)C)c5)c4c32)o1.[Ir]. The number of hydrogen-bond acceptors (Lipinski definition) is 7. The molecule has 4 aromatic heterocycles. The molecule has 2 aromatic carbocycles. The Bertz CT molecular complexity index is 2100. The fourth-order valence-corrected chi connectivity index (χ4v) is 8.06. The quantitative estimate of drug-likeness (QED) is 0.0937. The smallest absolute Gasteiger partial charge is 0.164 e. The van der Waals surface area contributed by atoms with Crippen LogP contribution in [0.25, 0.3) is 52.6 Å². The standard InChI is InChI=1S/C25H19N2OS2.C15H28O2.Ir/c1-13-9-16-18(28-13)5-6-19-20(16)21-22(26-12-27-24(21)30-19)15-10-14-7-8-29-23(14)17(11-15)25(2,3)4;1-7-14(5,8-2)12(16)11-13(17)15(6,9-3)10-4;/h5-9,11-12H,1-4H3;11,16H,7-10H2,1-6H3;/q-1;;/b;12-11-;. The number of ketones is 1. The molecule has 1 radical (unpaired) electrons. The van der Waals surface area contributed by atoms with Gasteiger partial charge in [0.15, 0.2) is 5.78 Å². The fraction of sp³-hybridized carbons (Fsp3) is 0.425. The summed E-state index contributed by atoms with van der Waals surface area (Å²) in [6, 6.07) is 14.4. The Morgan fingerprint density at radius 1 is 0.938 bits per heavy atom. The molecule has 257 valence electrons.